The van der Waals surface area contributed by atoms with Crippen LogP contribution in [0.25, 0.3) is 0 Å². The maximum Gasteiger partial charge on any atom is 0.246 e. The van der Waals surface area contributed by atoms with Crippen molar-refractivity contribution < 1.29 is 17.7 Å². The molecule has 0 bridgehead atoms. The van der Waals surface area contributed by atoms with E-state index in [1.165, 1.54) is 13.8 Å². The summed E-state index contributed by atoms with van der Waals surface area (Å²) in [5.41, 5.74) is 3.16. The number of amides is 1. The van der Waals surface area contributed by atoms with Crippen LogP contribution in [0, 0.1) is 20.8 Å². The van der Waals surface area contributed by atoms with Gasteiger partial charge < -0.3 is 9.84 Å². The smallest absolute Gasteiger partial charge is 0.246 e. The molecule has 2 aromatic carbocycles. The molecule has 1 aromatic heterocycles. The van der Waals surface area contributed by atoms with Gasteiger partial charge in [-0.25, -0.2) is 8.42 Å². The first kappa shape index (κ1) is 21.7. The first-order valence-electron chi connectivity index (χ1n) is 9.56. The van der Waals surface area contributed by atoms with Crippen LogP contribution in [0.2, 0.25) is 0 Å². The molecular formula is C22H25N3O4S. The van der Waals surface area contributed by atoms with Crippen LogP contribution in [0.3, 0.4) is 0 Å². The molecule has 158 valence electrons. The Morgan fingerprint density at radius 3 is 2.13 bits per heavy atom. The number of hydrogen-bond acceptors (Lipinski definition) is 5. The summed E-state index contributed by atoms with van der Waals surface area (Å²) in [5, 5.41) is 6.64. The summed E-state index contributed by atoms with van der Waals surface area (Å²) in [6.45, 7) is 6.55. The number of aromatic nitrogens is 1. The number of nitrogens with zero attached hydrogens (tertiary/aromatic N) is 1. The Morgan fingerprint density at radius 2 is 1.57 bits per heavy atom. The number of nitrogens with one attached hydrogen (secondary N) is 2. The lowest BCUT2D eigenvalue weighted by atomic mass is 9.97. The summed E-state index contributed by atoms with van der Waals surface area (Å²) in [6, 6.07) is 16.0. The van der Waals surface area contributed by atoms with Gasteiger partial charge in [-0.1, -0.05) is 65.3 Å². The maximum atomic E-state index is 12.9. The number of carbonyl (C=O) groups excluding carboxylic acids is 1. The second-order valence-electron chi connectivity index (χ2n) is 7.26. The molecule has 30 heavy (non-hydrogen) atoms. The highest BCUT2D eigenvalue weighted by Crippen LogP contribution is 2.23. The predicted molar refractivity (Wildman–Crippen MR) is 113 cm³/mol. The zero-order valence-corrected chi connectivity index (χ0v) is 18.2. The van der Waals surface area contributed by atoms with E-state index in [2.05, 4.69) is 15.2 Å². The van der Waals surface area contributed by atoms with Gasteiger partial charge in [0.2, 0.25) is 15.9 Å². The van der Waals surface area contributed by atoms with Gasteiger partial charge in [-0.15, -0.1) is 0 Å². The van der Waals surface area contributed by atoms with E-state index < -0.39 is 28.0 Å². The molecule has 0 saturated carbocycles. The molecule has 3 rings (SSSR count). The molecule has 1 unspecified atom stereocenters. The summed E-state index contributed by atoms with van der Waals surface area (Å²) in [4.78, 5) is 12.9. The minimum Gasteiger partial charge on any atom is -0.360 e. The third-order valence-electron chi connectivity index (χ3n) is 4.79. The van der Waals surface area contributed by atoms with E-state index >= 15 is 0 Å². The third-order valence-corrected chi connectivity index (χ3v) is 6.58. The third kappa shape index (κ3) is 4.77. The summed E-state index contributed by atoms with van der Waals surface area (Å²) in [7, 11) is -3.96. The highest BCUT2D eigenvalue weighted by molar-refractivity contribution is 7.89. The van der Waals surface area contributed by atoms with Gasteiger partial charge >= 0.3 is 0 Å². The van der Waals surface area contributed by atoms with E-state index in [-0.39, 0.29) is 16.3 Å². The minimum absolute atomic E-state index is 0.0414. The van der Waals surface area contributed by atoms with Gasteiger partial charge in [0.15, 0.2) is 5.76 Å². The predicted octanol–water partition coefficient (Wildman–Crippen LogP) is 3.17. The van der Waals surface area contributed by atoms with Crippen LogP contribution in [0.1, 0.15) is 41.1 Å². The van der Waals surface area contributed by atoms with Gasteiger partial charge in [0.25, 0.3) is 0 Å². The van der Waals surface area contributed by atoms with Crippen LogP contribution in [-0.4, -0.2) is 25.5 Å². The lowest BCUT2D eigenvalue weighted by Gasteiger charge is -2.22. The van der Waals surface area contributed by atoms with Crippen LogP contribution >= 0.6 is 0 Å². The monoisotopic (exact) mass is 427 g/mol. The van der Waals surface area contributed by atoms with Crippen molar-refractivity contribution >= 4 is 15.9 Å². The van der Waals surface area contributed by atoms with Gasteiger partial charge in [-0.2, -0.15) is 4.72 Å². The molecule has 0 saturated heterocycles. The Labute approximate surface area is 176 Å². The summed E-state index contributed by atoms with van der Waals surface area (Å²) < 4.78 is 32.8. The van der Waals surface area contributed by atoms with Crippen LogP contribution in [-0.2, 0) is 14.8 Å². The van der Waals surface area contributed by atoms with Crippen molar-refractivity contribution in [1.29, 1.82) is 0 Å². The fraction of sp³-hybridized carbons (Fsp3) is 0.273. The molecule has 2 atom stereocenters. The number of aryl methyl sites for hydroxylation is 3. The summed E-state index contributed by atoms with van der Waals surface area (Å²) >= 11 is 0. The molecule has 7 nitrogen and oxygen atoms in total. The van der Waals surface area contributed by atoms with E-state index in [9.17, 15) is 13.2 Å². The first-order valence-corrected chi connectivity index (χ1v) is 11.0. The Kier molecular flexibility index (Phi) is 6.38. The number of carbonyl (C=O) groups is 1. The fourth-order valence-corrected chi connectivity index (χ4v) is 4.77. The normalized spacial score (nSPS) is 13.6. The highest BCUT2D eigenvalue weighted by atomic mass is 32.2. The molecule has 0 radical (unpaired) electrons. The first-order chi connectivity index (χ1) is 14.2. The second kappa shape index (κ2) is 8.81. The van der Waals surface area contributed by atoms with Crippen molar-refractivity contribution in [2.45, 2.75) is 44.7 Å². The van der Waals surface area contributed by atoms with E-state index in [0.29, 0.717) is 0 Å². The van der Waals surface area contributed by atoms with E-state index in [4.69, 9.17) is 4.52 Å². The molecule has 0 fully saturated rings. The second-order valence-corrected chi connectivity index (χ2v) is 8.91. The van der Waals surface area contributed by atoms with Crippen LogP contribution < -0.4 is 10.0 Å². The standard InChI is InChI=1S/C22H25N3O4S/c1-14-10-12-19(13-11-14)20(18-8-6-5-7-9-18)23-22(26)16(3)25-30(27,28)21-15(2)24-29-17(21)4/h5-13,16,20,25H,1-4H3,(H,23,26)/t16-,20?/m0/s1. The zero-order chi connectivity index (χ0) is 21.9. The van der Waals surface area contributed by atoms with Crippen molar-refractivity contribution in [3.63, 3.8) is 0 Å². The molecular weight excluding hydrogens is 402 g/mol. The Balaban J connectivity index is 1.82. The van der Waals surface area contributed by atoms with Gasteiger partial charge in [0, 0.05) is 0 Å². The Hall–Kier alpha value is -2.97. The number of hydrogen-bond donors (Lipinski definition) is 2. The van der Waals surface area contributed by atoms with Gasteiger partial charge in [0.05, 0.1) is 12.1 Å². The molecule has 1 heterocycles. The fourth-order valence-electron chi connectivity index (χ4n) is 3.23. The van der Waals surface area contributed by atoms with Crippen LogP contribution in [0.15, 0.2) is 64.0 Å². The quantitative estimate of drug-likeness (QED) is 0.603. The lowest BCUT2D eigenvalue weighted by molar-refractivity contribution is -0.122. The van der Waals surface area contributed by atoms with Gasteiger partial charge in [-0.3, -0.25) is 4.79 Å². The molecule has 2 N–H and O–H groups in total. The van der Waals surface area contributed by atoms with Crippen molar-refractivity contribution in [3.8, 4) is 0 Å². The maximum absolute atomic E-state index is 12.9. The molecule has 0 aliphatic heterocycles. The van der Waals surface area contributed by atoms with E-state index in [0.717, 1.165) is 16.7 Å². The average Bonchev–Trinajstić information content (AvgIpc) is 3.06. The number of rotatable bonds is 7. The molecule has 1 amide bonds. The lowest BCUT2D eigenvalue weighted by Crippen LogP contribution is -2.46. The topological polar surface area (TPSA) is 101 Å². The SMILES string of the molecule is Cc1ccc(C(NC(=O)[C@H](C)NS(=O)(=O)c2c(C)noc2C)c2ccccc2)cc1. The van der Waals surface area contributed by atoms with Crippen molar-refractivity contribution in [2.24, 2.45) is 0 Å². The molecule has 0 aliphatic rings. The van der Waals surface area contributed by atoms with Crippen molar-refractivity contribution in [2.75, 3.05) is 0 Å². The zero-order valence-electron chi connectivity index (χ0n) is 17.3. The van der Waals surface area contributed by atoms with E-state index in [1.807, 2.05) is 61.5 Å². The Bertz CT molecular complexity index is 1100. The van der Waals surface area contributed by atoms with Crippen molar-refractivity contribution in [1.82, 2.24) is 15.2 Å². The summed E-state index contributed by atoms with van der Waals surface area (Å²) in [6.07, 6.45) is 0. The number of benzene rings is 2. The van der Waals surface area contributed by atoms with Crippen LogP contribution in [0.4, 0.5) is 0 Å². The Morgan fingerprint density at radius 1 is 0.967 bits per heavy atom. The molecule has 0 aliphatic carbocycles. The van der Waals surface area contributed by atoms with Crippen molar-refractivity contribution in [3.05, 3.63) is 82.7 Å². The molecule has 0 spiro atoms. The number of sulfonamides is 1. The largest absolute Gasteiger partial charge is 0.360 e. The average molecular weight is 428 g/mol. The molecule has 8 heteroatoms. The molecule has 3 aromatic rings. The highest BCUT2D eigenvalue weighted by Gasteiger charge is 2.29. The van der Waals surface area contributed by atoms with E-state index in [1.54, 1.807) is 6.92 Å². The van der Waals surface area contributed by atoms with Crippen LogP contribution in [0.5, 0.6) is 0 Å². The minimum atomic E-state index is -3.96. The summed E-state index contributed by atoms with van der Waals surface area (Å²) in [5.74, 6) is -0.269. The van der Waals surface area contributed by atoms with Gasteiger partial charge in [-0.05, 0) is 38.8 Å². The van der Waals surface area contributed by atoms with Gasteiger partial charge in [0.1, 0.15) is 10.6 Å².